The quantitative estimate of drug-likeness (QED) is 0.816. The number of aryl methyl sites for hydroxylation is 1. The minimum absolute atomic E-state index is 0.00663. The second-order valence-corrected chi connectivity index (χ2v) is 4.61. The van der Waals surface area contributed by atoms with Crippen molar-refractivity contribution in [1.29, 1.82) is 0 Å². The number of piperidine rings is 1. The van der Waals surface area contributed by atoms with Crippen LogP contribution >= 0.6 is 0 Å². The van der Waals surface area contributed by atoms with Gasteiger partial charge in [-0.15, -0.1) is 0 Å². The van der Waals surface area contributed by atoms with E-state index >= 15 is 0 Å². The first-order chi connectivity index (χ1) is 8.61. The fraction of sp³-hybridized carbons (Fsp3) is 0.583. The van der Waals surface area contributed by atoms with E-state index in [0.29, 0.717) is 5.95 Å². The number of hydrogen-bond donors (Lipinski definition) is 2. The fourth-order valence-corrected chi connectivity index (χ4v) is 2.25. The van der Waals surface area contributed by atoms with Crippen molar-refractivity contribution in [1.82, 2.24) is 9.97 Å². The van der Waals surface area contributed by atoms with Gasteiger partial charge in [0.1, 0.15) is 5.82 Å². The van der Waals surface area contributed by atoms with E-state index in [9.17, 15) is 4.79 Å². The van der Waals surface area contributed by atoms with Crippen LogP contribution in [0.5, 0.6) is 0 Å². The predicted molar refractivity (Wildman–Crippen MR) is 70.4 cm³/mol. The molecule has 1 aliphatic heterocycles. The third kappa shape index (κ3) is 2.52. The van der Waals surface area contributed by atoms with E-state index in [4.69, 9.17) is 5.73 Å². The lowest BCUT2D eigenvalue weighted by Gasteiger charge is -2.32. The first kappa shape index (κ1) is 12.6. The SMILES string of the molecule is CNc1ncc(C)c(N2CCC(C(N)=O)CC2)n1. The zero-order valence-corrected chi connectivity index (χ0v) is 10.8. The molecule has 6 heteroatoms. The highest BCUT2D eigenvalue weighted by molar-refractivity contribution is 5.77. The molecule has 1 amide bonds. The van der Waals surface area contributed by atoms with Gasteiger partial charge in [-0.3, -0.25) is 4.79 Å². The molecule has 1 aliphatic rings. The molecule has 3 N–H and O–H groups in total. The Morgan fingerprint density at radius 2 is 2.17 bits per heavy atom. The van der Waals surface area contributed by atoms with E-state index in [0.717, 1.165) is 37.3 Å². The Balaban J connectivity index is 2.11. The summed E-state index contributed by atoms with van der Waals surface area (Å²) in [5, 5.41) is 2.94. The number of primary amides is 1. The maximum atomic E-state index is 11.1. The summed E-state index contributed by atoms with van der Waals surface area (Å²) in [4.78, 5) is 22.0. The third-order valence-corrected chi connectivity index (χ3v) is 3.37. The second-order valence-electron chi connectivity index (χ2n) is 4.61. The summed E-state index contributed by atoms with van der Waals surface area (Å²) in [5.41, 5.74) is 6.38. The molecule has 98 valence electrons. The molecule has 0 radical (unpaired) electrons. The fourth-order valence-electron chi connectivity index (χ4n) is 2.25. The summed E-state index contributed by atoms with van der Waals surface area (Å²) < 4.78 is 0. The Morgan fingerprint density at radius 3 is 2.72 bits per heavy atom. The largest absolute Gasteiger partial charge is 0.369 e. The zero-order valence-electron chi connectivity index (χ0n) is 10.8. The molecule has 0 aliphatic carbocycles. The van der Waals surface area contributed by atoms with Gasteiger partial charge in [0.25, 0.3) is 0 Å². The topological polar surface area (TPSA) is 84.1 Å². The number of anilines is 2. The van der Waals surface area contributed by atoms with Crippen molar-refractivity contribution in [2.45, 2.75) is 19.8 Å². The van der Waals surface area contributed by atoms with Crippen molar-refractivity contribution >= 4 is 17.7 Å². The Morgan fingerprint density at radius 1 is 1.50 bits per heavy atom. The molecule has 0 saturated carbocycles. The number of hydrogen-bond acceptors (Lipinski definition) is 5. The smallest absolute Gasteiger partial charge is 0.224 e. The molecule has 0 bridgehead atoms. The molecule has 1 saturated heterocycles. The van der Waals surface area contributed by atoms with E-state index in [-0.39, 0.29) is 11.8 Å². The van der Waals surface area contributed by atoms with Gasteiger partial charge in [0.15, 0.2) is 0 Å². The van der Waals surface area contributed by atoms with E-state index in [1.807, 2.05) is 13.1 Å². The Kier molecular flexibility index (Phi) is 3.64. The molecule has 1 aromatic rings. The number of carbonyl (C=O) groups excluding carboxylic acids is 1. The zero-order chi connectivity index (χ0) is 13.1. The Hall–Kier alpha value is -1.85. The van der Waals surface area contributed by atoms with Crippen LogP contribution in [0.4, 0.5) is 11.8 Å². The van der Waals surface area contributed by atoms with E-state index < -0.39 is 0 Å². The molecule has 1 aromatic heterocycles. The van der Waals surface area contributed by atoms with Gasteiger partial charge in [0, 0.05) is 37.8 Å². The highest BCUT2D eigenvalue weighted by Gasteiger charge is 2.24. The van der Waals surface area contributed by atoms with Gasteiger partial charge in [0.05, 0.1) is 0 Å². The monoisotopic (exact) mass is 249 g/mol. The van der Waals surface area contributed by atoms with Gasteiger partial charge in [-0.2, -0.15) is 4.98 Å². The van der Waals surface area contributed by atoms with Gasteiger partial charge < -0.3 is 16.0 Å². The van der Waals surface area contributed by atoms with Crippen molar-refractivity contribution in [2.75, 3.05) is 30.4 Å². The molecule has 18 heavy (non-hydrogen) atoms. The minimum Gasteiger partial charge on any atom is -0.369 e. The van der Waals surface area contributed by atoms with E-state index in [1.54, 1.807) is 7.05 Å². The van der Waals surface area contributed by atoms with E-state index in [2.05, 4.69) is 20.2 Å². The lowest BCUT2D eigenvalue weighted by atomic mass is 9.96. The molecule has 2 rings (SSSR count). The summed E-state index contributed by atoms with van der Waals surface area (Å²) in [7, 11) is 1.80. The van der Waals surface area contributed by atoms with Crippen LogP contribution in [0.25, 0.3) is 0 Å². The van der Waals surface area contributed by atoms with Crippen LogP contribution in [-0.4, -0.2) is 36.0 Å². The van der Waals surface area contributed by atoms with Crippen LogP contribution in [0.15, 0.2) is 6.20 Å². The number of nitrogens with two attached hydrogens (primary N) is 1. The maximum Gasteiger partial charge on any atom is 0.224 e. The third-order valence-electron chi connectivity index (χ3n) is 3.37. The molecule has 0 spiro atoms. The van der Waals surface area contributed by atoms with Crippen LogP contribution < -0.4 is 16.0 Å². The number of nitrogens with zero attached hydrogens (tertiary/aromatic N) is 3. The maximum absolute atomic E-state index is 11.1. The molecule has 0 aromatic carbocycles. The van der Waals surface area contributed by atoms with Gasteiger partial charge in [0.2, 0.25) is 11.9 Å². The van der Waals surface area contributed by atoms with Crippen LogP contribution in [0.1, 0.15) is 18.4 Å². The Bertz CT molecular complexity index is 440. The molecule has 1 fully saturated rings. The lowest BCUT2D eigenvalue weighted by Crippen LogP contribution is -2.39. The van der Waals surface area contributed by atoms with Crippen LogP contribution in [0.3, 0.4) is 0 Å². The van der Waals surface area contributed by atoms with Crippen molar-refractivity contribution in [3.8, 4) is 0 Å². The summed E-state index contributed by atoms with van der Waals surface area (Å²) in [6.07, 6.45) is 3.41. The molecule has 2 heterocycles. The second kappa shape index (κ2) is 5.20. The molecular formula is C12H19N5O. The van der Waals surface area contributed by atoms with Crippen LogP contribution in [-0.2, 0) is 4.79 Å². The van der Waals surface area contributed by atoms with Gasteiger partial charge in [-0.25, -0.2) is 4.98 Å². The predicted octanol–water partition coefficient (Wildman–Crippen LogP) is 0.528. The first-order valence-corrected chi connectivity index (χ1v) is 6.17. The van der Waals surface area contributed by atoms with Crippen molar-refractivity contribution in [3.05, 3.63) is 11.8 Å². The van der Waals surface area contributed by atoms with Crippen molar-refractivity contribution < 1.29 is 4.79 Å². The van der Waals surface area contributed by atoms with E-state index in [1.165, 1.54) is 0 Å². The average Bonchev–Trinajstić information content (AvgIpc) is 2.39. The van der Waals surface area contributed by atoms with Crippen molar-refractivity contribution in [2.24, 2.45) is 11.7 Å². The summed E-state index contributed by atoms with van der Waals surface area (Å²) in [6, 6.07) is 0. The summed E-state index contributed by atoms with van der Waals surface area (Å²) in [5.74, 6) is 1.38. The first-order valence-electron chi connectivity index (χ1n) is 6.17. The van der Waals surface area contributed by atoms with Crippen LogP contribution in [0.2, 0.25) is 0 Å². The highest BCUT2D eigenvalue weighted by Crippen LogP contribution is 2.24. The molecule has 0 unspecified atom stereocenters. The number of rotatable bonds is 3. The number of nitrogens with one attached hydrogen (secondary N) is 1. The van der Waals surface area contributed by atoms with Gasteiger partial charge in [-0.1, -0.05) is 0 Å². The minimum atomic E-state index is -0.190. The molecule has 6 nitrogen and oxygen atoms in total. The summed E-state index contributed by atoms with van der Waals surface area (Å²) >= 11 is 0. The van der Waals surface area contributed by atoms with Crippen LogP contribution in [0, 0.1) is 12.8 Å². The number of amides is 1. The molecule has 0 atom stereocenters. The Labute approximate surface area is 107 Å². The standard InChI is InChI=1S/C12H19N5O/c1-8-7-15-12(14-2)16-11(8)17-5-3-9(4-6-17)10(13)18/h7,9H,3-6H2,1-2H3,(H2,13,18)(H,14,15,16). The molecular weight excluding hydrogens is 230 g/mol. The normalized spacial score (nSPS) is 16.7. The van der Waals surface area contributed by atoms with Crippen molar-refractivity contribution in [3.63, 3.8) is 0 Å². The number of aromatic nitrogens is 2. The highest BCUT2D eigenvalue weighted by atomic mass is 16.1. The summed E-state index contributed by atoms with van der Waals surface area (Å²) in [6.45, 7) is 3.62. The lowest BCUT2D eigenvalue weighted by molar-refractivity contribution is -0.122. The van der Waals surface area contributed by atoms with Gasteiger partial charge in [-0.05, 0) is 19.8 Å². The average molecular weight is 249 g/mol. The van der Waals surface area contributed by atoms with Gasteiger partial charge >= 0.3 is 0 Å². The number of carbonyl (C=O) groups is 1.